The molecule has 1 aromatic heterocycles. The predicted molar refractivity (Wildman–Crippen MR) is 54.7 cm³/mol. The Labute approximate surface area is 80.1 Å². The van der Waals surface area contributed by atoms with Crippen molar-refractivity contribution in [3.05, 3.63) is 18.0 Å². The number of hydrogen-bond acceptors (Lipinski definition) is 2. The Hall–Kier alpha value is -0.830. The number of hydrogen-bond donors (Lipinski definition) is 1. The van der Waals surface area contributed by atoms with E-state index in [1.54, 1.807) is 0 Å². The van der Waals surface area contributed by atoms with Crippen LogP contribution < -0.4 is 5.32 Å². The summed E-state index contributed by atoms with van der Waals surface area (Å²) >= 11 is 0. The van der Waals surface area contributed by atoms with Gasteiger partial charge in [0.15, 0.2) is 0 Å². The lowest BCUT2D eigenvalue weighted by molar-refractivity contribution is 0.545. The molecule has 3 nitrogen and oxygen atoms in total. The summed E-state index contributed by atoms with van der Waals surface area (Å²) < 4.78 is 1.98. The summed E-state index contributed by atoms with van der Waals surface area (Å²) in [7, 11) is 0. The molecule has 0 saturated carbocycles. The zero-order chi connectivity index (χ0) is 9.52. The van der Waals surface area contributed by atoms with Crippen LogP contribution in [0.25, 0.3) is 0 Å². The Kier molecular flexibility index (Phi) is 4.54. The molecule has 0 aliphatic rings. The smallest absolute Gasteiger partial charge is 0.0534 e. The van der Waals surface area contributed by atoms with E-state index in [1.807, 2.05) is 10.9 Å². The van der Waals surface area contributed by atoms with E-state index in [1.165, 1.54) is 18.4 Å². The fourth-order valence-corrected chi connectivity index (χ4v) is 1.21. The van der Waals surface area contributed by atoms with Crippen LogP contribution in [0.2, 0.25) is 0 Å². The lowest BCUT2D eigenvalue weighted by Gasteiger charge is -2.03. The maximum absolute atomic E-state index is 4.21. The number of nitrogens with zero attached hydrogens (tertiary/aromatic N) is 2. The third-order valence-electron chi connectivity index (χ3n) is 1.99. The van der Waals surface area contributed by atoms with Gasteiger partial charge in [0.05, 0.1) is 12.7 Å². The van der Waals surface area contributed by atoms with Gasteiger partial charge in [-0.05, 0) is 25.5 Å². The third kappa shape index (κ3) is 4.08. The minimum absolute atomic E-state index is 0.970. The summed E-state index contributed by atoms with van der Waals surface area (Å²) in [5, 5.41) is 7.59. The maximum atomic E-state index is 4.21. The maximum Gasteiger partial charge on any atom is 0.0534 e. The molecule has 1 N–H and O–H groups in total. The normalized spacial score (nSPS) is 10.6. The van der Waals surface area contributed by atoms with E-state index >= 15 is 0 Å². The summed E-state index contributed by atoms with van der Waals surface area (Å²) in [5.41, 5.74) is 1.23. The molecule has 0 amide bonds. The zero-order valence-corrected chi connectivity index (χ0v) is 8.58. The quantitative estimate of drug-likeness (QED) is 0.675. The van der Waals surface area contributed by atoms with Crippen LogP contribution in [-0.2, 0) is 6.54 Å². The lowest BCUT2D eigenvalue weighted by atomic mass is 10.3. The lowest BCUT2D eigenvalue weighted by Crippen LogP contribution is -2.21. The van der Waals surface area contributed by atoms with Crippen LogP contribution in [0.15, 0.2) is 12.4 Å². The summed E-state index contributed by atoms with van der Waals surface area (Å²) in [4.78, 5) is 0. The number of nitrogens with one attached hydrogen (secondary N) is 1. The van der Waals surface area contributed by atoms with Gasteiger partial charge in [-0.1, -0.05) is 13.3 Å². The Morgan fingerprint density at radius 3 is 2.92 bits per heavy atom. The van der Waals surface area contributed by atoms with Crippen molar-refractivity contribution in [3.63, 3.8) is 0 Å². The van der Waals surface area contributed by atoms with Crippen molar-refractivity contribution in [2.45, 2.75) is 33.2 Å². The number of unbranched alkanes of at least 4 members (excludes halogenated alkanes) is 1. The molecule has 0 aliphatic heterocycles. The van der Waals surface area contributed by atoms with Gasteiger partial charge in [0.2, 0.25) is 0 Å². The largest absolute Gasteiger partial charge is 0.315 e. The van der Waals surface area contributed by atoms with Gasteiger partial charge in [-0.25, -0.2) is 0 Å². The van der Waals surface area contributed by atoms with Crippen molar-refractivity contribution in [1.29, 1.82) is 0 Å². The zero-order valence-electron chi connectivity index (χ0n) is 8.58. The second kappa shape index (κ2) is 5.75. The van der Waals surface area contributed by atoms with Gasteiger partial charge in [0, 0.05) is 12.7 Å². The van der Waals surface area contributed by atoms with E-state index in [9.17, 15) is 0 Å². The molecule has 0 unspecified atom stereocenters. The number of aromatic nitrogens is 2. The topological polar surface area (TPSA) is 29.9 Å². The average molecular weight is 181 g/mol. The molecule has 1 heterocycles. The van der Waals surface area contributed by atoms with E-state index in [4.69, 9.17) is 0 Å². The van der Waals surface area contributed by atoms with Crippen molar-refractivity contribution < 1.29 is 0 Å². The van der Waals surface area contributed by atoms with Crippen LogP contribution in [0.4, 0.5) is 0 Å². The first-order valence-corrected chi connectivity index (χ1v) is 5.02. The van der Waals surface area contributed by atoms with E-state index in [0.717, 1.165) is 19.6 Å². The minimum atomic E-state index is 0.970. The summed E-state index contributed by atoms with van der Waals surface area (Å²) in [5.74, 6) is 0. The highest BCUT2D eigenvalue weighted by Gasteiger charge is 1.92. The first-order chi connectivity index (χ1) is 6.33. The molecule has 3 heteroatoms. The van der Waals surface area contributed by atoms with Gasteiger partial charge in [-0.2, -0.15) is 5.10 Å². The van der Waals surface area contributed by atoms with Gasteiger partial charge in [0.1, 0.15) is 0 Å². The van der Waals surface area contributed by atoms with Crippen molar-refractivity contribution in [3.8, 4) is 0 Å². The van der Waals surface area contributed by atoms with Crippen molar-refractivity contribution >= 4 is 0 Å². The Morgan fingerprint density at radius 2 is 2.31 bits per heavy atom. The first-order valence-electron chi connectivity index (χ1n) is 5.02. The third-order valence-corrected chi connectivity index (χ3v) is 1.99. The highest BCUT2D eigenvalue weighted by Crippen LogP contribution is 1.92. The molecular formula is C10H19N3. The summed E-state index contributed by atoms with van der Waals surface area (Å²) in [6.45, 7) is 7.38. The van der Waals surface area contributed by atoms with Crippen LogP contribution in [-0.4, -0.2) is 22.9 Å². The SMILES string of the molecule is CCCCNCCn1cc(C)cn1. The Balaban J connectivity index is 2.06. The van der Waals surface area contributed by atoms with Gasteiger partial charge in [-0.3, -0.25) is 4.68 Å². The molecule has 0 aliphatic carbocycles. The molecule has 74 valence electrons. The molecule has 0 spiro atoms. The van der Waals surface area contributed by atoms with Gasteiger partial charge in [0.25, 0.3) is 0 Å². The molecule has 13 heavy (non-hydrogen) atoms. The second-order valence-electron chi connectivity index (χ2n) is 3.38. The molecule has 0 fully saturated rings. The molecule has 0 atom stereocenters. The molecule has 0 bridgehead atoms. The molecular weight excluding hydrogens is 162 g/mol. The van der Waals surface area contributed by atoms with Crippen LogP contribution in [0.1, 0.15) is 25.3 Å². The monoisotopic (exact) mass is 181 g/mol. The average Bonchev–Trinajstić information content (AvgIpc) is 2.51. The number of aryl methyl sites for hydroxylation is 1. The second-order valence-corrected chi connectivity index (χ2v) is 3.38. The van der Waals surface area contributed by atoms with Crippen molar-refractivity contribution in [2.75, 3.05) is 13.1 Å². The van der Waals surface area contributed by atoms with Gasteiger partial charge < -0.3 is 5.32 Å². The van der Waals surface area contributed by atoms with E-state index in [2.05, 4.69) is 30.5 Å². The van der Waals surface area contributed by atoms with Crippen molar-refractivity contribution in [2.24, 2.45) is 0 Å². The van der Waals surface area contributed by atoms with E-state index < -0.39 is 0 Å². The standard InChI is InChI=1S/C10H19N3/c1-3-4-5-11-6-7-13-9-10(2)8-12-13/h8-9,11H,3-7H2,1-2H3. The molecule has 1 aromatic rings. The summed E-state index contributed by atoms with van der Waals surface area (Å²) in [6.07, 6.45) is 6.49. The number of rotatable bonds is 6. The first kappa shape index (κ1) is 10.3. The highest BCUT2D eigenvalue weighted by molar-refractivity contribution is 4.99. The van der Waals surface area contributed by atoms with E-state index in [0.29, 0.717) is 0 Å². The Bertz CT molecular complexity index is 230. The van der Waals surface area contributed by atoms with Crippen LogP contribution in [0.5, 0.6) is 0 Å². The van der Waals surface area contributed by atoms with Crippen LogP contribution >= 0.6 is 0 Å². The van der Waals surface area contributed by atoms with Crippen molar-refractivity contribution in [1.82, 2.24) is 15.1 Å². The molecule has 1 rings (SSSR count). The molecule has 0 aromatic carbocycles. The predicted octanol–water partition coefficient (Wildman–Crippen LogP) is 1.58. The minimum Gasteiger partial charge on any atom is -0.315 e. The van der Waals surface area contributed by atoms with Gasteiger partial charge in [-0.15, -0.1) is 0 Å². The Morgan fingerprint density at radius 1 is 1.46 bits per heavy atom. The fourth-order valence-electron chi connectivity index (χ4n) is 1.21. The summed E-state index contributed by atoms with van der Waals surface area (Å²) in [6, 6.07) is 0. The highest BCUT2D eigenvalue weighted by atomic mass is 15.3. The van der Waals surface area contributed by atoms with Gasteiger partial charge >= 0.3 is 0 Å². The fraction of sp³-hybridized carbons (Fsp3) is 0.700. The van der Waals surface area contributed by atoms with Crippen LogP contribution in [0, 0.1) is 6.92 Å². The van der Waals surface area contributed by atoms with E-state index in [-0.39, 0.29) is 0 Å². The van der Waals surface area contributed by atoms with Crippen LogP contribution in [0.3, 0.4) is 0 Å². The molecule has 0 radical (unpaired) electrons. The molecule has 0 saturated heterocycles.